The minimum Gasteiger partial charge on any atom is -0.438 e. The molecule has 0 fully saturated rings. The number of aromatic nitrogens is 1. The Labute approximate surface area is 83.5 Å². The van der Waals surface area contributed by atoms with Crippen molar-refractivity contribution in [3.63, 3.8) is 0 Å². The van der Waals surface area contributed by atoms with E-state index in [1.54, 1.807) is 6.92 Å². The average Bonchev–Trinajstić information content (AvgIpc) is 2.49. The van der Waals surface area contributed by atoms with E-state index in [0.29, 0.717) is 5.76 Å². The largest absolute Gasteiger partial charge is 0.438 e. The van der Waals surface area contributed by atoms with Crippen LogP contribution in [-0.4, -0.2) is 23.6 Å². The molecule has 0 spiro atoms. The fraction of sp³-hybridized carbons (Fsp3) is 0.500. The Morgan fingerprint density at radius 1 is 1.60 bits per heavy atom. The van der Waals surface area contributed by atoms with Gasteiger partial charge in [-0.1, -0.05) is 0 Å². The minimum absolute atomic E-state index is 0.227. The summed E-state index contributed by atoms with van der Waals surface area (Å²) in [5.41, 5.74) is 0. The number of alkyl halides is 3. The van der Waals surface area contributed by atoms with E-state index >= 15 is 0 Å². The van der Waals surface area contributed by atoms with Gasteiger partial charge in [-0.15, -0.1) is 0 Å². The van der Waals surface area contributed by atoms with Crippen LogP contribution in [0.4, 0.5) is 13.2 Å². The molecule has 1 rings (SSSR count). The SMILES string of the molecule is Cc1cnc(C(=O)NCCC(F)(F)F)o1. The van der Waals surface area contributed by atoms with Gasteiger partial charge in [0, 0.05) is 6.54 Å². The Morgan fingerprint density at radius 2 is 2.27 bits per heavy atom. The summed E-state index contributed by atoms with van der Waals surface area (Å²) in [5.74, 6) is -0.544. The van der Waals surface area contributed by atoms with Crippen molar-refractivity contribution in [2.75, 3.05) is 6.54 Å². The smallest absolute Gasteiger partial charge is 0.390 e. The molecule has 1 N–H and O–H groups in total. The van der Waals surface area contributed by atoms with Crippen molar-refractivity contribution in [2.24, 2.45) is 0 Å². The van der Waals surface area contributed by atoms with Crippen LogP contribution in [0, 0.1) is 6.92 Å². The summed E-state index contributed by atoms with van der Waals surface area (Å²) in [4.78, 5) is 14.7. The molecule has 15 heavy (non-hydrogen) atoms. The summed E-state index contributed by atoms with van der Waals surface area (Å²) in [6.45, 7) is 1.10. The van der Waals surface area contributed by atoms with Gasteiger partial charge in [0.1, 0.15) is 5.76 Å². The molecule has 0 radical (unpaired) electrons. The molecule has 1 heterocycles. The lowest BCUT2D eigenvalue weighted by Crippen LogP contribution is -2.28. The van der Waals surface area contributed by atoms with Crippen molar-refractivity contribution < 1.29 is 22.4 Å². The molecule has 0 aliphatic heterocycles. The predicted octanol–water partition coefficient (Wildman–Crippen LogP) is 1.67. The van der Waals surface area contributed by atoms with Gasteiger partial charge in [0.05, 0.1) is 12.6 Å². The molecule has 7 heteroatoms. The summed E-state index contributed by atoms with van der Waals surface area (Å²) in [6, 6.07) is 0. The van der Waals surface area contributed by atoms with Crippen LogP contribution in [0.3, 0.4) is 0 Å². The van der Waals surface area contributed by atoms with Crippen molar-refractivity contribution in [1.29, 1.82) is 0 Å². The molecule has 0 aromatic carbocycles. The second kappa shape index (κ2) is 4.33. The lowest BCUT2D eigenvalue weighted by molar-refractivity contribution is -0.133. The number of oxazole rings is 1. The molecule has 1 aromatic heterocycles. The number of hydrogen-bond donors (Lipinski definition) is 1. The first-order valence-corrected chi connectivity index (χ1v) is 4.16. The summed E-state index contributed by atoms with van der Waals surface area (Å²) in [5, 5.41) is 2.05. The molecule has 0 bridgehead atoms. The van der Waals surface area contributed by atoms with Crippen LogP contribution in [0.1, 0.15) is 22.9 Å². The highest BCUT2D eigenvalue weighted by atomic mass is 19.4. The molecule has 0 aliphatic rings. The van der Waals surface area contributed by atoms with E-state index < -0.39 is 25.0 Å². The zero-order valence-electron chi connectivity index (χ0n) is 7.89. The summed E-state index contributed by atoms with van der Waals surface area (Å²) in [6.07, 6.45) is -4.03. The number of nitrogens with one attached hydrogen (secondary N) is 1. The van der Waals surface area contributed by atoms with Crippen LogP contribution < -0.4 is 5.32 Å². The van der Waals surface area contributed by atoms with Crippen LogP contribution >= 0.6 is 0 Å². The average molecular weight is 222 g/mol. The number of carbonyl (C=O) groups excluding carboxylic acids is 1. The maximum atomic E-state index is 11.7. The Bertz CT molecular complexity index is 346. The second-order valence-corrected chi connectivity index (χ2v) is 2.90. The fourth-order valence-corrected chi connectivity index (χ4v) is 0.853. The Balaban J connectivity index is 2.37. The van der Waals surface area contributed by atoms with Crippen LogP contribution in [-0.2, 0) is 0 Å². The number of halogens is 3. The first-order chi connectivity index (χ1) is 6.88. The van der Waals surface area contributed by atoms with Crippen molar-refractivity contribution >= 4 is 5.91 Å². The van der Waals surface area contributed by atoms with E-state index in [-0.39, 0.29) is 5.89 Å². The Hall–Kier alpha value is -1.53. The number of carbonyl (C=O) groups is 1. The van der Waals surface area contributed by atoms with Gasteiger partial charge in [-0.3, -0.25) is 4.79 Å². The third-order valence-electron chi connectivity index (χ3n) is 1.51. The molecular weight excluding hydrogens is 213 g/mol. The van der Waals surface area contributed by atoms with Gasteiger partial charge in [-0.25, -0.2) is 4.98 Å². The molecule has 0 saturated carbocycles. The van der Waals surface area contributed by atoms with E-state index in [0.717, 1.165) is 0 Å². The first-order valence-electron chi connectivity index (χ1n) is 4.16. The third-order valence-corrected chi connectivity index (χ3v) is 1.51. The lowest BCUT2D eigenvalue weighted by Gasteiger charge is -2.05. The van der Waals surface area contributed by atoms with Crippen molar-refractivity contribution in [3.05, 3.63) is 17.8 Å². The van der Waals surface area contributed by atoms with Crippen molar-refractivity contribution in [1.82, 2.24) is 10.3 Å². The molecule has 1 amide bonds. The summed E-state index contributed by atoms with van der Waals surface area (Å²) >= 11 is 0. The van der Waals surface area contributed by atoms with Gasteiger partial charge < -0.3 is 9.73 Å². The van der Waals surface area contributed by atoms with E-state index in [1.807, 2.05) is 0 Å². The standard InChI is InChI=1S/C8H9F3N2O2/c1-5-4-13-7(15-5)6(14)12-3-2-8(9,10)11/h4H,2-3H2,1H3,(H,12,14). The topological polar surface area (TPSA) is 55.1 Å². The fourth-order valence-electron chi connectivity index (χ4n) is 0.853. The number of amides is 1. The zero-order valence-corrected chi connectivity index (χ0v) is 7.89. The van der Waals surface area contributed by atoms with E-state index in [2.05, 4.69) is 10.3 Å². The molecule has 0 atom stereocenters. The molecule has 84 valence electrons. The number of hydrogen-bond acceptors (Lipinski definition) is 3. The maximum absolute atomic E-state index is 11.7. The minimum atomic E-state index is -4.28. The van der Waals surface area contributed by atoms with Crippen molar-refractivity contribution in [2.45, 2.75) is 19.5 Å². The number of rotatable bonds is 3. The lowest BCUT2D eigenvalue weighted by atomic mass is 10.4. The second-order valence-electron chi connectivity index (χ2n) is 2.90. The Kier molecular flexibility index (Phi) is 3.33. The van der Waals surface area contributed by atoms with Gasteiger partial charge in [0.25, 0.3) is 5.89 Å². The highest BCUT2D eigenvalue weighted by Crippen LogP contribution is 2.18. The number of aryl methyl sites for hydroxylation is 1. The van der Waals surface area contributed by atoms with Crippen molar-refractivity contribution in [3.8, 4) is 0 Å². The quantitative estimate of drug-likeness (QED) is 0.846. The van der Waals surface area contributed by atoms with Gasteiger partial charge in [-0.05, 0) is 6.92 Å². The first kappa shape index (κ1) is 11.5. The maximum Gasteiger partial charge on any atom is 0.390 e. The highest BCUT2D eigenvalue weighted by molar-refractivity contribution is 5.89. The predicted molar refractivity (Wildman–Crippen MR) is 44.2 cm³/mol. The van der Waals surface area contributed by atoms with Gasteiger partial charge in [0.15, 0.2) is 0 Å². The molecule has 0 saturated heterocycles. The van der Waals surface area contributed by atoms with E-state index in [1.165, 1.54) is 6.20 Å². The van der Waals surface area contributed by atoms with Crippen LogP contribution in [0.25, 0.3) is 0 Å². The third kappa shape index (κ3) is 4.01. The van der Waals surface area contributed by atoms with Gasteiger partial charge in [-0.2, -0.15) is 13.2 Å². The molecular formula is C8H9F3N2O2. The zero-order chi connectivity index (χ0) is 11.5. The van der Waals surface area contributed by atoms with Crippen LogP contribution in [0.5, 0.6) is 0 Å². The molecule has 1 aromatic rings. The molecule has 0 aliphatic carbocycles. The normalized spacial score (nSPS) is 11.5. The Morgan fingerprint density at radius 3 is 2.73 bits per heavy atom. The summed E-state index contributed by atoms with van der Waals surface area (Å²) in [7, 11) is 0. The molecule has 0 unspecified atom stereocenters. The van der Waals surface area contributed by atoms with Crippen LogP contribution in [0.2, 0.25) is 0 Å². The highest BCUT2D eigenvalue weighted by Gasteiger charge is 2.26. The van der Waals surface area contributed by atoms with E-state index in [9.17, 15) is 18.0 Å². The van der Waals surface area contributed by atoms with Gasteiger partial charge >= 0.3 is 12.1 Å². The monoisotopic (exact) mass is 222 g/mol. The van der Waals surface area contributed by atoms with Gasteiger partial charge in [0.2, 0.25) is 0 Å². The van der Waals surface area contributed by atoms with Crippen LogP contribution in [0.15, 0.2) is 10.6 Å². The summed E-state index contributed by atoms with van der Waals surface area (Å²) < 4.78 is 40.0. The molecule has 4 nitrogen and oxygen atoms in total. The number of nitrogens with zero attached hydrogens (tertiary/aromatic N) is 1. The van der Waals surface area contributed by atoms with E-state index in [4.69, 9.17) is 4.42 Å².